The number of hydrogen-bond donors (Lipinski definition) is 3. The first-order chi connectivity index (χ1) is 51.1. The molecule has 0 radical (unpaired) electrons. The van der Waals surface area contributed by atoms with E-state index in [1.165, 1.54) is 250 Å². The van der Waals surface area contributed by atoms with Gasteiger partial charge in [-0.05, 0) is 49.4 Å². The van der Waals surface area contributed by atoms with Crippen molar-refractivity contribution in [2.45, 2.75) is 472 Å². The zero-order valence-corrected chi connectivity index (χ0v) is 71.9. The SMILES string of the molecule is CCC(C)CCCCCCCCCCCCCCCCC(=O)OC[C@H](COP(=O)(O)OCC(O)COP(=O)(O)OC[C@@H](COC(=O)CCCCCCCCCC(C)C)OC(=O)CCCCCCCCCCCCCCCCCCC(C)C)OC(=O)CCCCCCCCCCCCCCCCCCC(C)C. The number of phosphoric acid groups is 2. The lowest BCUT2D eigenvalue weighted by molar-refractivity contribution is -0.161. The molecule has 0 aliphatic carbocycles. The van der Waals surface area contributed by atoms with Gasteiger partial charge in [0, 0.05) is 25.7 Å². The molecule has 4 unspecified atom stereocenters. The van der Waals surface area contributed by atoms with Crippen LogP contribution in [0.3, 0.4) is 0 Å². The standard InChI is InChI=1S/C87H170O17P2/c1-9-80(8)66-58-50-42-34-28-22-18-19-23-29-35-43-51-59-67-84(89)97-73-82(103-86(91)69-61-53-44-36-30-24-16-12-10-14-20-26-32-39-47-55-63-77(2)3)75-101-105(93,94)99-71-81(88)72-100-106(95,96)102-76-83(74-98-85(90)68-60-52-46-38-41-49-57-65-79(6)7)104-87(92)70-62-54-45-37-31-25-17-13-11-15-21-27-33-40-48-56-64-78(4)5/h77-83,88H,9-76H2,1-8H3,(H,93,94)(H,95,96)/t80?,81?,82-,83-/m1/s1. The lowest BCUT2D eigenvalue weighted by Gasteiger charge is -2.21. The van der Waals surface area contributed by atoms with Crippen LogP contribution in [0.15, 0.2) is 0 Å². The molecule has 0 spiro atoms. The summed E-state index contributed by atoms with van der Waals surface area (Å²) in [7, 11) is -9.93. The Labute approximate surface area is 651 Å². The quantitative estimate of drug-likeness (QED) is 0.0222. The van der Waals surface area contributed by atoms with Crippen molar-refractivity contribution in [3.63, 3.8) is 0 Å². The molecule has 19 heteroatoms. The molecule has 630 valence electrons. The topological polar surface area (TPSA) is 237 Å². The largest absolute Gasteiger partial charge is 0.472 e. The van der Waals surface area contributed by atoms with Gasteiger partial charge in [0.25, 0.3) is 0 Å². The number of esters is 4. The van der Waals surface area contributed by atoms with Crippen molar-refractivity contribution in [1.29, 1.82) is 0 Å². The highest BCUT2D eigenvalue weighted by molar-refractivity contribution is 7.47. The van der Waals surface area contributed by atoms with E-state index in [1.807, 2.05) is 0 Å². The summed E-state index contributed by atoms with van der Waals surface area (Å²) in [6.45, 7) is 14.4. The molecule has 0 aromatic carbocycles. The van der Waals surface area contributed by atoms with Crippen LogP contribution in [0, 0.1) is 23.7 Å². The zero-order chi connectivity index (χ0) is 78.1. The maximum Gasteiger partial charge on any atom is 0.472 e. The van der Waals surface area contributed by atoms with Crippen LogP contribution in [0.2, 0.25) is 0 Å². The van der Waals surface area contributed by atoms with Crippen LogP contribution in [0.25, 0.3) is 0 Å². The number of phosphoric ester groups is 2. The second-order valence-electron chi connectivity index (χ2n) is 33.0. The molecule has 3 N–H and O–H groups in total. The zero-order valence-electron chi connectivity index (χ0n) is 70.1. The van der Waals surface area contributed by atoms with E-state index in [9.17, 15) is 43.2 Å². The first-order valence-corrected chi connectivity index (χ1v) is 47.7. The second-order valence-corrected chi connectivity index (χ2v) is 35.9. The van der Waals surface area contributed by atoms with Crippen molar-refractivity contribution in [2.24, 2.45) is 23.7 Å². The fraction of sp³-hybridized carbons (Fsp3) is 0.954. The van der Waals surface area contributed by atoms with Gasteiger partial charge in [0.1, 0.15) is 19.3 Å². The molecule has 0 saturated carbocycles. The fourth-order valence-electron chi connectivity index (χ4n) is 13.5. The minimum Gasteiger partial charge on any atom is -0.462 e. The Kier molecular flexibility index (Phi) is 74.3. The summed E-state index contributed by atoms with van der Waals surface area (Å²) in [5.41, 5.74) is 0. The van der Waals surface area contributed by atoms with Gasteiger partial charge in [-0.3, -0.25) is 37.3 Å². The number of ether oxygens (including phenoxy) is 4. The number of hydrogen-bond acceptors (Lipinski definition) is 15. The van der Waals surface area contributed by atoms with E-state index < -0.39 is 97.5 Å². The van der Waals surface area contributed by atoms with Crippen LogP contribution in [0.5, 0.6) is 0 Å². The van der Waals surface area contributed by atoms with Crippen LogP contribution < -0.4 is 0 Å². The Balaban J connectivity index is 5.23. The van der Waals surface area contributed by atoms with Gasteiger partial charge in [-0.2, -0.15) is 0 Å². The third-order valence-corrected chi connectivity index (χ3v) is 22.6. The van der Waals surface area contributed by atoms with Crippen molar-refractivity contribution in [2.75, 3.05) is 39.6 Å². The molecule has 0 aromatic rings. The van der Waals surface area contributed by atoms with Crippen molar-refractivity contribution in [3.05, 3.63) is 0 Å². The molecule has 0 rings (SSSR count). The van der Waals surface area contributed by atoms with Gasteiger partial charge in [-0.1, -0.05) is 402 Å². The average Bonchev–Trinajstić information content (AvgIpc) is 0.900. The predicted octanol–water partition coefficient (Wildman–Crippen LogP) is 26.3. The Morgan fingerprint density at radius 3 is 0.670 bits per heavy atom. The molecule has 0 aliphatic heterocycles. The molecule has 0 fully saturated rings. The van der Waals surface area contributed by atoms with Crippen molar-refractivity contribution < 1.29 is 80.2 Å². The highest BCUT2D eigenvalue weighted by Gasteiger charge is 2.31. The normalized spacial score (nSPS) is 14.2. The van der Waals surface area contributed by atoms with E-state index >= 15 is 0 Å². The summed E-state index contributed by atoms with van der Waals surface area (Å²) in [6.07, 6.45) is 65.3. The first kappa shape index (κ1) is 104. The lowest BCUT2D eigenvalue weighted by atomic mass is 9.99. The van der Waals surface area contributed by atoms with Gasteiger partial charge in [-0.25, -0.2) is 9.13 Å². The third-order valence-electron chi connectivity index (χ3n) is 20.7. The van der Waals surface area contributed by atoms with E-state index in [0.29, 0.717) is 31.6 Å². The van der Waals surface area contributed by atoms with Crippen LogP contribution in [-0.2, 0) is 65.4 Å². The molecule has 17 nitrogen and oxygen atoms in total. The number of aliphatic hydroxyl groups excluding tert-OH is 1. The first-order valence-electron chi connectivity index (χ1n) is 44.7. The van der Waals surface area contributed by atoms with E-state index in [-0.39, 0.29) is 25.7 Å². The van der Waals surface area contributed by atoms with E-state index in [2.05, 4.69) is 55.4 Å². The van der Waals surface area contributed by atoms with Crippen LogP contribution in [0.1, 0.15) is 453 Å². The van der Waals surface area contributed by atoms with Gasteiger partial charge in [0.05, 0.1) is 26.4 Å². The highest BCUT2D eigenvalue weighted by Crippen LogP contribution is 2.45. The number of carbonyl (C=O) groups is 4. The Hall–Kier alpha value is -1.94. The van der Waals surface area contributed by atoms with Crippen molar-refractivity contribution >= 4 is 39.5 Å². The lowest BCUT2D eigenvalue weighted by Crippen LogP contribution is -2.30. The van der Waals surface area contributed by atoms with Crippen LogP contribution in [0.4, 0.5) is 0 Å². The van der Waals surface area contributed by atoms with Crippen LogP contribution in [-0.4, -0.2) is 96.7 Å². The molecule has 0 aromatic heterocycles. The predicted molar refractivity (Wildman–Crippen MR) is 437 cm³/mol. The van der Waals surface area contributed by atoms with Crippen LogP contribution >= 0.6 is 15.6 Å². The number of carbonyl (C=O) groups excluding carboxylic acids is 4. The summed E-state index contributed by atoms with van der Waals surface area (Å²) in [5, 5.41) is 10.7. The molecule has 6 atom stereocenters. The number of rotatable bonds is 84. The maximum atomic E-state index is 13.2. The van der Waals surface area contributed by atoms with E-state index in [1.54, 1.807) is 0 Å². The Bertz CT molecular complexity index is 2060. The van der Waals surface area contributed by atoms with Crippen molar-refractivity contribution in [3.8, 4) is 0 Å². The molecule has 0 bridgehead atoms. The Morgan fingerprint density at radius 2 is 0.453 bits per heavy atom. The summed E-state index contributed by atoms with van der Waals surface area (Å²) >= 11 is 0. The molecular formula is C87H170O17P2. The second kappa shape index (κ2) is 75.7. The maximum absolute atomic E-state index is 13.2. The molecule has 0 saturated heterocycles. The van der Waals surface area contributed by atoms with Gasteiger partial charge < -0.3 is 33.8 Å². The summed E-state index contributed by atoms with van der Waals surface area (Å²) in [6, 6.07) is 0. The van der Waals surface area contributed by atoms with Crippen molar-refractivity contribution in [1.82, 2.24) is 0 Å². The van der Waals surface area contributed by atoms with Gasteiger partial charge in [0.2, 0.25) is 0 Å². The van der Waals surface area contributed by atoms with Gasteiger partial charge >= 0.3 is 39.5 Å². The Morgan fingerprint density at radius 1 is 0.264 bits per heavy atom. The number of unbranched alkanes of at least 4 members (excludes halogenated alkanes) is 49. The monoisotopic (exact) mass is 1550 g/mol. The highest BCUT2D eigenvalue weighted by atomic mass is 31.2. The molecule has 0 aliphatic rings. The summed E-state index contributed by atoms with van der Waals surface area (Å²) in [4.78, 5) is 73.3. The minimum atomic E-state index is -4.97. The van der Waals surface area contributed by atoms with E-state index in [4.69, 9.17) is 37.0 Å². The smallest absolute Gasteiger partial charge is 0.462 e. The van der Waals surface area contributed by atoms with E-state index in [0.717, 1.165) is 114 Å². The van der Waals surface area contributed by atoms with Gasteiger partial charge in [0.15, 0.2) is 12.2 Å². The molecule has 0 amide bonds. The summed E-state index contributed by atoms with van der Waals surface area (Å²) in [5.74, 6) is 1.07. The minimum absolute atomic E-state index is 0.107. The molecule has 106 heavy (non-hydrogen) atoms. The van der Waals surface area contributed by atoms with Gasteiger partial charge in [-0.15, -0.1) is 0 Å². The third kappa shape index (κ3) is 78.7. The molecular weight excluding hydrogens is 1380 g/mol. The number of aliphatic hydroxyl groups is 1. The average molecular weight is 1550 g/mol. The summed E-state index contributed by atoms with van der Waals surface area (Å²) < 4.78 is 68.9. The fourth-order valence-corrected chi connectivity index (χ4v) is 15.0. The molecule has 0 heterocycles.